The van der Waals surface area contributed by atoms with E-state index in [-0.39, 0.29) is 36.4 Å². The van der Waals surface area contributed by atoms with E-state index in [1.54, 1.807) is 10.8 Å². The van der Waals surface area contributed by atoms with Crippen molar-refractivity contribution in [2.45, 2.75) is 20.4 Å². The quantitative estimate of drug-likeness (QED) is 0.837. The van der Waals surface area contributed by atoms with Crippen LogP contribution in [0.4, 0.5) is 0 Å². The Morgan fingerprint density at radius 3 is 2.60 bits per heavy atom. The van der Waals surface area contributed by atoms with Gasteiger partial charge in [0.2, 0.25) is 0 Å². The normalized spacial score (nSPS) is 10.9. The van der Waals surface area contributed by atoms with E-state index in [1.165, 1.54) is 6.07 Å². The number of nitrogens with zero attached hydrogens (tertiary/aromatic N) is 1. The number of halogens is 1. The number of aromatic nitrogens is 1. The van der Waals surface area contributed by atoms with Crippen molar-refractivity contribution in [3.05, 3.63) is 33.2 Å². The fourth-order valence-corrected chi connectivity index (χ4v) is 1.44. The van der Waals surface area contributed by atoms with Crippen LogP contribution in [-0.4, -0.2) is 35.1 Å². The first-order valence-electron chi connectivity index (χ1n) is 4.41. The van der Waals surface area contributed by atoms with E-state index in [4.69, 9.17) is 5.11 Å². The monoisotopic (exact) mass is 266 g/mol. The summed E-state index contributed by atoms with van der Waals surface area (Å²) in [5.74, 6) is 0. The van der Waals surface area contributed by atoms with Gasteiger partial charge in [0.15, 0.2) is 0 Å². The van der Waals surface area contributed by atoms with Crippen molar-refractivity contribution in [3.63, 3.8) is 0 Å². The third kappa shape index (κ3) is 4.56. The first-order chi connectivity index (χ1) is 6.44. The fraction of sp³-hybridized carbons (Fsp3) is 0.500. The summed E-state index contributed by atoms with van der Waals surface area (Å²) in [6.45, 7) is 4.42. The Morgan fingerprint density at radius 1 is 1.53 bits per heavy atom. The molecule has 1 heterocycles. The zero-order valence-electron chi connectivity index (χ0n) is 9.33. The average molecular weight is 267 g/mol. The summed E-state index contributed by atoms with van der Waals surface area (Å²) >= 11 is 3.23. The van der Waals surface area contributed by atoms with E-state index in [0.29, 0.717) is 6.54 Å². The molecule has 0 aliphatic heterocycles. The first-order valence-corrected chi connectivity index (χ1v) is 5.21. The molecule has 0 aromatic carbocycles. The largest absolute Gasteiger partial charge is 0.396 e. The molecule has 0 aliphatic rings. The van der Waals surface area contributed by atoms with Crippen LogP contribution in [0.5, 0.6) is 0 Å². The maximum absolute atomic E-state index is 11.5. The van der Waals surface area contributed by atoms with Gasteiger partial charge in [-0.2, -0.15) is 0 Å². The summed E-state index contributed by atoms with van der Waals surface area (Å²) in [7, 11) is 0. The number of rotatable bonds is 3. The van der Waals surface area contributed by atoms with Crippen molar-refractivity contribution in [2.75, 3.05) is 6.61 Å². The fourth-order valence-electron chi connectivity index (χ4n) is 1.13. The number of hydrogen-bond donors (Lipinski definition) is 1. The third-order valence-electron chi connectivity index (χ3n) is 1.98. The minimum absolute atomic E-state index is 0. The Labute approximate surface area is 110 Å². The predicted octanol–water partition coefficient (Wildman–Crippen LogP) is 1.25. The van der Waals surface area contributed by atoms with E-state index >= 15 is 0 Å². The molecule has 0 unspecified atom stereocenters. The second-order valence-electron chi connectivity index (χ2n) is 4.13. The van der Waals surface area contributed by atoms with Gasteiger partial charge in [-0.25, -0.2) is 0 Å². The molecule has 0 saturated carbocycles. The Morgan fingerprint density at radius 2 is 2.13 bits per heavy atom. The summed E-state index contributed by atoms with van der Waals surface area (Å²) in [6.07, 6.45) is 1.73. The van der Waals surface area contributed by atoms with Crippen molar-refractivity contribution in [3.8, 4) is 0 Å². The second kappa shape index (κ2) is 5.91. The van der Waals surface area contributed by atoms with Gasteiger partial charge >= 0.3 is 0 Å². The molecular weight excluding hydrogens is 253 g/mol. The molecule has 0 amide bonds. The van der Waals surface area contributed by atoms with Gasteiger partial charge in [0, 0.05) is 54.2 Å². The molecule has 0 aliphatic carbocycles. The molecule has 0 spiro atoms. The van der Waals surface area contributed by atoms with Crippen LogP contribution in [0.1, 0.15) is 13.8 Å². The van der Waals surface area contributed by atoms with Crippen LogP contribution in [-0.2, 0) is 6.54 Å². The van der Waals surface area contributed by atoms with Crippen LogP contribution < -0.4 is 5.56 Å². The topological polar surface area (TPSA) is 42.2 Å². The van der Waals surface area contributed by atoms with Crippen molar-refractivity contribution in [1.29, 1.82) is 0 Å². The molecule has 0 saturated heterocycles. The van der Waals surface area contributed by atoms with Crippen molar-refractivity contribution >= 4 is 34.8 Å². The summed E-state index contributed by atoms with van der Waals surface area (Å²) in [4.78, 5) is 11.5. The molecule has 1 N–H and O–H groups in total. The summed E-state index contributed by atoms with van der Waals surface area (Å²) in [6, 6.07) is 3.34. The number of pyridine rings is 1. The summed E-state index contributed by atoms with van der Waals surface area (Å²) < 4.78 is 2.38. The van der Waals surface area contributed by atoms with Crippen LogP contribution in [0.25, 0.3) is 0 Å². The Hall–Kier alpha value is -0.0126. The maximum Gasteiger partial charge on any atom is 0.251 e. The summed E-state index contributed by atoms with van der Waals surface area (Å²) in [5, 5.41) is 9.08. The van der Waals surface area contributed by atoms with Crippen molar-refractivity contribution < 1.29 is 5.11 Å². The smallest absolute Gasteiger partial charge is 0.251 e. The maximum atomic E-state index is 11.5. The molecule has 0 fully saturated rings. The average Bonchev–Trinajstić information content (AvgIpc) is 2.10. The molecule has 1 rings (SSSR count). The van der Waals surface area contributed by atoms with Crippen LogP contribution in [0.3, 0.4) is 0 Å². The first kappa shape index (κ1) is 15.0. The van der Waals surface area contributed by atoms with Crippen LogP contribution in [0.15, 0.2) is 27.6 Å². The Bertz CT molecular complexity index is 376. The molecule has 5 heteroatoms. The number of hydrogen-bond acceptors (Lipinski definition) is 2. The van der Waals surface area contributed by atoms with Crippen molar-refractivity contribution in [2.24, 2.45) is 5.41 Å². The molecule has 15 heavy (non-hydrogen) atoms. The predicted molar refractivity (Wildman–Crippen MR) is 65.0 cm³/mol. The van der Waals surface area contributed by atoms with Crippen LogP contribution in [0, 0.1) is 5.41 Å². The van der Waals surface area contributed by atoms with E-state index in [0.717, 1.165) is 4.47 Å². The zero-order valence-corrected chi connectivity index (χ0v) is 10.9. The van der Waals surface area contributed by atoms with Gasteiger partial charge in [0.1, 0.15) is 0 Å². The van der Waals surface area contributed by atoms with Gasteiger partial charge in [0.05, 0.1) is 0 Å². The molecule has 1 aromatic heterocycles. The Kier molecular flexibility index (Phi) is 5.90. The molecule has 0 atom stereocenters. The van der Waals surface area contributed by atoms with E-state index in [9.17, 15) is 4.79 Å². The summed E-state index contributed by atoms with van der Waals surface area (Å²) in [5.41, 5.74) is -0.321. The number of aliphatic hydroxyl groups is 1. The van der Waals surface area contributed by atoms with E-state index < -0.39 is 0 Å². The van der Waals surface area contributed by atoms with Gasteiger partial charge < -0.3 is 9.67 Å². The molecular formula is C10H14BrLiNO2. The standard InChI is InChI=1S/C10H14BrNO2.Li/c1-10(2,7-13)6-12-4-3-8(11)5-9(12)14;/h3-5,13H,6-7H2,1-2H3;. The minimum Gasteiger partial charge on any atom is -0.396 e. The van der Waals surface area contributed by atoms with Crippen LogP contribution in [0.2, 0.25) is 0 Å². The van der Waals surface area contributed by atoms with Crippen LogP contribution >= 0.6 is 15.9 Å². The number of aliphatic hydroxyl groups excluding tert-OH is 1. The minimum atomic E-state index is -0.266. The molecule has 79 valence electrons. The Balaban J connectivity index is 0.00000196. The van der Waals surface area contributed by atoms with E-state index in [2.05, 4.69) is 15.9 Å². The van der Waals surface area contributed by atoms with Gasteiger partial charge in [-0.05, 0) is 6.07 Å². The zero-order chi connectivity index (χ0) is 10.8. The SMILES string of the molecule is CC(C)(CO)Cn1ccc(Br)cc1=O.[Li]. The molecule has 3 nitrogen and oxygen atoms in total. The van der Waals surface area contributed by atoms with E-state index in [1.807, 2.05) is 19.9 Å². The third-order valence-corrected chi connectivity index (χ3v) is 2.48. The van der Waals surface area contributed by atoms with Gasteiger partial charge in [-0.3, -0.25) is 4.79 Å². The second-order valence-corrected chi connectivity index (χ2v) is 5.05. The van der Waals surface area contributed by atoms with Gasteiger partial charge in [-0.15, -0.1) is 0 Å². The molecule has 0 bridgehead atoms. The van der Waals surface area contributed by atoms with Gasteiger partial charge in [0.25, 0.3) is 5.56 Å². The molecule has 1 radical (unpaired) electrons. The van der Waals surface area contributed by atoms with Gasteiger partial charge in [-0.1, -0.05) is 29.8 Å². The van der Waals surface area contributed by atoms with Crippen molar-refractivity contribution in [1.82, 2.24) is 4.57 Å². The molecule has 1 aromatic rings.